The van der Waals surface area contributed by atoms with Crippen LogP contribution < -0.4 is 10.9 Å². The highest BCUT2D eigenvalue weighted by atomic mass is 32.1. The number of aryl methyl sites for hydroxylation is 1. The van der Waals surface area contributed by atoms with E-state index in [9.17, 15) is 9.59 Å². The summed E-state index contributed by atoms with van der Waals surface area (Å²) >= 11 is 2.71. The van der Waals surface area contributed by atoms with Gasteiger partial charge in [0, 0.05) is 10.9 Å². The van der Waals surface area contributed by atoms with E-state index in [1.54, 1.807) is 0 Å². The largest absolute Gasteiger partial charge is 0.299 e. The van der Waals surface area contributed by atoms with Crippen molar-refractivity contribution in [1.82, 2.24) is 19.7 Å². The first-order valence-corrected chi connectivity index (χ1v) is 10.8. The van der Waals surface area contributed by atoms with E-state index in [4.69, 9.17) is 0 Å². The van der Waals surface area contributed by atoms with E-state index in [2.05, 4.69) is 46.5 Å². The van der Waals surface area contributed by atoms with Crippen LogP contribution in [0.1, 0.15) is 30.3 Å². The molecule has 3 aromatic heterocycles. The molecule has 0 aliphatic carbocycles. The van der Waals surface area contributed by atoms with Gasteiger partial charge in [0.15, 0.2) is 0 Å². The van der Waals surface area contributed by atoms with Gasteiger partial charge in [0.1, 0.15) is 16.4 Å². The molecule has 0 bridgehead atoms. The molecule has 29 heavy (non-hydrogen) atoms. The molecule has 0 aliphatic heterocycles. The molecule has 1 amide bonds. The van der Waals surface area contributed by atoms with Gasteiger partial charge in [-0.3, -0.25) is 19.5 Å². The molecule has 0 saturated heterocycles. The lowest BCUT2D eigenvalue weighted by molar-refractivity contribution is -0.116. The van der Waals surface area contributed by atoms with E-state index >= 15 is 0 Å². The van der Waals surface area contributed by atoms with Crippen LogP contribution in [0.5, 0.6) is 0 Å². The Labute approximate surface area is 175 Å². The number of nitrogens with zero attached hydrogens (tertiary/aromatic N) is 4. The Kier molecular flexibility index (Phi) is 5.25. The first-order valence-electron chi connectivity index (χ1n) is 9.09. The number of thiophene rings is 1. The lowest BCUT2D eigenvalue weighted by Crippen LogP contribution is -2.27. The summed E-state index contributed by atoms with van der Waals surface area (Å²) in [5, 5.41) is 14.0. The lowest BCUT2D eigenvalue weighted by Gasteiger charge is -2.08. The summed E-state index contributed by atoms with van der Waals surface area (Å²) in [7, 11) is 0. The summed E-state index contributed by atoms with van der Waals surface area (Å²) in [4.78, 5) is 30.4. The standard InChI is InChI=1S/C20H19N5O2S2/c1-11(2)13-4-6-14(7-5-13)15-9-28-18-17(15)19(27)25(10-21-18)8-16(26)22-20-24-23-12(3)29-20/h4-7,9-11H,8H2,1-3H3,(H,22,24,26). The molecule has 0 spiro atoms. The van der Waals surface area contributed by atoms with Crippen LogP contribution in [0.3, 0.4) is 0 Å². The average Bonchev–Trinajstić information content (AvgIpc) is 3.30. The second kappa shape index (κ2) is 7.84. The van der Waals surface area contributed by atoms with Crippen molar-refractivity contribution in [2.45, 2.75) is 33.2 Å². The minimum absolute atomic E-state index is 0.137. The minimum atomic E-state index is -0.345. The van der Waals surface area contributed by atoms with Gasteiger partial charge >= 0.3 is 0 Å². The van der Waals surface area contributed by atoms with Crippen molar-refractivity contribution < 1.29 is 4.79 Å². The van der Waals surface area contributed by atoms with Crippen molar-refractivity contribution in [1.29, 1.82) is 0 Å². The molecule has 0 radical (unpaired) electrons. The van der Waals surface area contributed by atoms with E-state index in [0.717, 1.165) is 16.1 Å². The van der Waals surface area contributed by atoms with Gasteiger partial charge in [0.25, 0.3) is 5.56 Å². The van der Waals surface area contributed by atoms with E-state index in [1.807, 2.05) is 24.4 Å². The Morgan fingerprint density at radius 1 is 1.21 bits per heavy atom. The normalized spacial score (nSPS) is 11.3. The van der Waals surface area contributed by atoms with Crippen LogP contribution in [0, 0.1) is 6.92 Å². The Morgan fingerprint density at radius 2 is 1.97 bits per heavy atom. The van der Waals surface area contributed by atoms with Crippen LogP contribution in [0.2, 0.25) is 0 Å². The number of nitrogens with one attached hydrogen (secondary N) is 1. The van der Waals surface area contributed by atoms with Crippen molar-refractivity contribution in [3.05, 3.63) is 56.9 Å². The van der Waals surface area contributed by atoms with E-state index in [0.29, 0.717) is 21.3 Å². The highest BCUT2D eigenvalue weighted by molar-refractivity contribution is 7.17. The second-order valence-corrected chi connectivity index (χ2v) is 9.00. The number of aromatic nitrogens is 4. The fraction of sp³-hybridized carbons (Fsp3) is 0.250. The summed E-state index contributed by atoms with van der Waals surface area (Å²) < 4.78 is 1.32. The molecule has 0 atom stereocenters. The zero-order valence-electron chi connectivity index (χ0n) is 16.2. The third-order valence-electron chi connectivity index (χ3n) is 4.54. The topological polar surface area (TPSA) is 89.8 Å². The summed E-state index contributed by atoms with van der Waals surface area (Å²) in [6, 6.07) is 8.21. The van der Waals surface area contributed by atoms with Gasteiger partial charge in [-0.25, -0.2) is 4.98 Å². The lowest BCUT2D eigenvalue weighted by atomic mass is 9.99. The van der Waals surface area contributed by atoms with Gasteiger partial charge in [-0.15, -0.1) is 21.5 Å². The van der Waals surface area contributed by atoms with Gasteiger partial charge in [-0.1, -0.05) is 49.4 Å². The third-order valence-corrected chi connectivity index (χ3v) is 6.18. The summed E-state index contributed by atoms with van der Waals surface area (Å²) in [5.74, 6) is 0.0972. The molecular weight excluding hydrogens is 406 g/mol. The maximum absolute atomic E-state index is 13.1. The van der Waals surface area contributed by atoms with Crippen LogP contribution in [-0.4, -0.2) is 25.7 Å². The van der Waals surface area contributed by atoms with Crippen molar-refractivity contribution in [3.63, 3.8) is 0 Å². The Morgan fingerprint density at radius 3 is 2.62 bits per heavy atom. The highest BCUT2D eigenvalue weighted by Gasteiger charge is 2.15. The highest BCUT2D eigenvalue weighted by Crippen LogP contribution is 2.31. The molecule has 1 N–H and O–H groups in total. The number of fused-ring (bicyclic) bond motifs is 1. The molecule has 0 unspecified atom stereocenters. The molecular formula is C20H19N5O2S2. The Bertz CT molecular complexity index is 1240. The van der Waals surface area contributed by atoms with Crippen LogP contribution in [0.25, 0.3) is 21.3 Å². The predicted molar refractivity (Wildman–Crippen MR) is 117 cm³/mol. The number of rotatable bonds is 5. The van der Waals surface area contributed by atoms with E-state index in [-0.39, 0.29) is 18.0 Å². The maximum atomic E-state index is 13.1. The molecule has 3 heterocycles. The summed E-state index contributed by atoms with van der Waals surface area (Å²) in [5.41, 5.74) is 2.81. The van der Waals surface area contributed by atoms with Crippen molar-refractivity contribution in [2.75, 3.05) is 5.32 Å². The number of carbonyl (C=O) groups is 1. The predicted octanol–water partition coefficient (Wildman–Crippen LogP) is 4.05. The smallest absolute Gasteiger partial charge is 0.263 e. The van der Waals surface area contributed by atoms with Crippen LogP contribution in [0.4, 0.5) is 5.13 Å². The zero-order chi connectivity index (χ0) is 20.5. The molecule has 4 rings (SSSR count). The summed E-state index contributed by atoms with van der Waals surface area (Å²) in [6.07, 6.45) is 1.41. The monoisotopic (exact) mass is 425 g/mol. The third kappa shape index (κ3) is 3.96. The second-order valence-electron chi connectivity index (χ2n) is 6.96. The number of carbonyl (C=O) groups excluding carboxylic acids is 1. The fourth-order valence-corrected chi connectivity index (χ4v) is 4.52. The van der Waals surface area contributed by atoms with Crippen LogP contribution in [-0.2, 0) is 11.3 Å². The Balaban J connectivity index is 1.65. The molecule has 7 nitrogen and oxygen atoms in total. The van der Waals surface area contributed by atoms with Gasteiger partial charge in [0.2, 0.25) is 11.0 Å². The van der Waals surface area contributed by atoms with Gasteiger partial charge < -0.3 is 0 Å². The van der Waals surface area contributed by atoms with Gasteiger partial charge in [-0.05, 0) is 24.0 Å². The van der Waals surface area contributed by atoms with Gasteiger partial charge in [0.05, 0.1) is 11.7 Å². The molecule has 0 aliphatic rings. The van der Waals surface area contributed by atoms with Gasteiger partial charge in [-0.2, -0.15) is 0 Å². The first kappa shape index (κ1) is 19.4. The maximum Gasteiger partial charge on any atom is 0.263 e. The molecule has 0 fully saturated rings. The molecule has 148 valence electrons. The molecule has 1 aromatic carbocycles. The van der Waals surface area contributed by atoms with Crippen molar-refractivity contribution >= 4 is 43.9 Å². The average molecular weight is 426 g/mol. The fourth-order valence-electron chi connectivity index (χ4n) is 3.00. The molecule has 0 saturated carbocycles. The first-order chi connectivity index (χ1) is 13.9. The quantitative estimate of drug-likeness (QED) is 0.521. The Hall–Kier alpha value is -2.91. The number of hydrogen-bond donors (Lipinski definition) is 1. The minimum Gasteiger partial charge on any atom is -0.299 e. The summed E-state index contributed by atoms with van der Waals surface area (Å²) in [6.45, 7) is 5.96. The number of amides is 1. The van der Waals surface area contributed by atoms with Crippen molar-refractivity contribution in [3.8, 4) is 11.1 Å². The van der Waals surface area contributed by atoms with Crippen LogP contribution in [0.15, 0.2) is 40.8 Å². The number of hydrogen-bond acceptors (Lipinski definition) is 7. The number of anilines is 1. The van der Waals surface area contributed by atoms with E-state index < -0.39 is 0 Å². The number of benzene rings is 1. The van der Waals surface area contributed by atoms with Crippen molar-refractivity contribution in [2.24, 2.45) is 0 Å². The SMILES string of the molecule is Cc1nnc(NC(=O)Cn2cnc3scc(-c4ccc(C(C)C)cc4)c3c2=O)s1. The molecule has 4 aromatic rings. The molecule has 9 heteroatoms. The van der Waals surface area contributed by atoms with Crippen LogP contribution >= 0.6 is 22.7 Å². The van der Waals surface area contributed by atoms with E-state index in [1.165, 1.54) is 39.1 Å². The zero-order valence-corrected chi connectivity index (χ0v) is 17.8.